The zero-order chi connectivity index (χ0) is 18.4. The number of benzene rings is 1. The summed E-state index contributed by atoms with van der Waals surface area (Å²) in [6.45, 7) is 5.53. The van der Waals surface area contributed by atoms with E-state index in [0.29, 0.717) is 16.9 Å². The first-order valence-corrected chi connectivity index (χ1v) is 7.81. The molecule has 0 saturated heterocycles. The van der Waals surface area contributed by atoms with E-state index in [-0.39, 0.29) is 23.7 Å². The summed E-state index contributed by atoms with van der Waals surface area (Å²) < 4.78 is 7.09. The van der Waals surface area contributed by atoms with E-state index < -0.39 is 11.6 Å². The molecule has 2 aromatic rings. The van der Waals surface area contributed by atoms with Crippen molar-refractivity contribution < 1.29 is 14.3 Å². The third-order valence-corrected chi connectivity index (χ3v) is 3.83. The molecule has 0 aliphatic carbocycles. The third kappa shape index (κ3) is 2.87. The van der Waals surface area contributed by atoms with Crippen LogP contribution in [0.25, 0.3) is 5.69 Å². The summed E-state index contributed by atoms with van der Waals surface area (Å²) in [5.41, 5.74) is 1.20. The van der Waals surface area contributed by atoms with Crippen molar-refractivity contribution in [1.82, 2.24) is 14.5 Å². The first-order chi connectivity index (χ1) is 11.7. The van der Waals surface area contributed by atoms with Gasteiger partial charge in [0.1, 0.15) is 18.0 Å². The Balaban J connectivity index is 2.19. The maximum absolute atomic E-state index is 12.7. The molecule has 0 spiro atoms. The minimum Gasteiger partial charge on any atom is -0.455 e. The SMILES string of the molecule is CN1Cc2c(C(=O)OC(C)(C)C)ncn2-c2cccc(C#N)c2C1=O. The topological polar surface area (TPSA) is 88.2 Å². The second-order valence-electron chi connectivity index (χ2n) is 6.88. The zero-order valence-electron chi connectivity index (χ0n) is 14.5. The van der Waals surface area contributed by atoms with E-state index in [1.165, 1.54) is 11.2 Å². The van der Waals surface area contributed by atoms with E-state index in [2.05, 4.69) is 11.1 Å². The molecule has 1 aliphatic heterocycles. The standard InChI is InChI=1S/C18H18N4O3/c1-18(2,3)25-17(24)15-13-9-21(4)16(23)14-11(8-19)6-5-7-12(14)22(13)10-20-15/h5-7,10H,9H2,1-4H3. The summed E-state index contributed by atoms with van der Waals surface area (Å²) in [7, 11) is 1.63. The van der Waals surface area contributed by atoms with Crippen LogP contribution in [-0.2, 0) is 11.3 Å². The summed E-state index contributed by atoms with van der Waals surface area (Å²) in [4.78, 5) is 30.9. The highest BCUT2D eigenvalue weighted by molar-refractivity contribution is 6.01. The number of ether oxygens (including phenoxy) is 1. The van der Waals surface area contributed by atoms with Gasteiger partial charge < -0.3 is 9.64 Å². The molecule has 0 atom stereocenters. The van der Waals surface area contributed by atoms with Crippen molar-refractivity contribution >= 4 is 11.9 Å². The zero-order valence-corrected chi connectivity index (χ0v) is 14.5. The Bertz CT molecular complexity index is 915. The summed E-state index contributed by atoms with van der Waals surface area (Å²) in [5.74, 6) is -0.812. The predicted molar refractivity (Wildman–Crippen MR) is 89.2 cm³/mol. The smallest absolute Gasteiger partial charge is 0.359 e. The summed E-state index contributed by atoms with van der Waals surface area (Å²) >= 11 is 0. The van der Waals surface area contributed by atoms with Gasteiger partial charge in [0.05, 0.1) is 29.1 Å². The quantitative estimate of drug-likeness (QED) is 0.744. The van der Waals surface area contributed by atoms with Gasteiger partial charge in [-0.3, -0.25) is 9.36 Å². The Morgan fingerprint density at radius 2 is 2.08 bits per heavy atom. The Morgan fingerprint density at radius 3 is 2.72 bits per heavy atom. The molecule has 1 aliphatic rings. The van der Waals surface area contributed by atoms with E-state index >= 15 is 0 Å². The van der Waals surface area contributed by atoms with Crippen LogP contribution in [0.4, 0.5) is 0 Å². The number of amides is 1. The Kier molecular flexibility index (Phi) is 3.84. The number of carbonyl (C=O) groups is 2. The number of rotatable bonds is 1. The number of aromatic nitrogens is 2. The van der Waals surface area contributed by atoms with Crippen LogP contribution >= 0.6 is 0 Å². The number of imidazole rings is 1. The molecule has 128 valence electrons. The minimum atomic E-state index is -0.647. The van der Waals surface area contributed by atoms with E-state index in [0.717, 1.165) is 0 Å². The highest BCUT2D eigenvalue weighted by Crippen LogP contribution is 2.28. The molecule has 1 aromatic carbocycles. The largest absolute Gasteiger partial charge is 0.455 e. The monoisotopic (exact) mass is 338 g/mol. The van der Waals surface area contributed by atoms with Crippen LogP contribution < -0.4 is 0 Å². The first-order valence-electron chi connectivity index (χ1n) is 7.81. The average molecular weight is 338 g/mol. The van der Waals surface area contributed by atoms with Crippen LogP contribution in [-0.4, -0.2) is 39.0 Å². The molecule has 0 saturated carbocycles. The first kappa shape index (κ1) is 16.7. The molecule has 0 N–H and O–H groups in total. The molecule has 0 fully saturated rings. The fraction of sp³-hybridized carbons (Fsp3) is 0.333. The third-order valence-electron chi connectivity index (χ3n) is 3.83. The molecule has 7 nitrogen and oxygen atoms in total. The second kappa shape index (κ2) is 5.74. The number of hydrogen-bond acceptors (Lipinski definition) is 5. The van der Waals surface area contributed by atoms with Crippen molar-refractivity contribution in [1.29, 1.82) is 5.26 Å². The Labute approximate surface area is 145 Å². The molecule has 1 aromatic heterocycles. The van der Waals surface area contributed by atoms with Crippen molar-refractivity contribution in [3.63, 3.8) is 0 Å². The van der Waals surface area contributed by atoms with Gasteiger partial charge in [-0.2, -0.15) is 5.26 Å². The Morgan fingerprint density at radius 1 is 1.36 bits per heavy atom. The molecule has 1 amide bonds. The number of hydrogen-bond donors (Lipinski definition) is 0. The van der Waals surface area contributed by atoms with Crippen LogP contribution in [0.5, 0.6) is 0 Å². The molecule has 25 heavy (non-hydrogen) atoms. The molecule has 2 heterocycles. The molecule has 0 radical (unpaired) electrons. The number of nitriles is 1. The van der Waals surface area contributed by atoms with Gasteiger partial charge in [0.2, 0.25) is 0 Å². The van der Waals surface area contributed by atoms with E-state index in [9.17, 15) is 14.9 Å². The fourth-order valence-electron chi connectivity index (χ4n) is 2.78. The fourth-order valence-corrected chi connectivity index (χ4v) is 2.78. The van der Waals surface area contributed by atoms with Gasteiger partial charge >= 0.3 is 5.97 Å². The number of carbonyl (C=O) groups excluding carboxylic acids is 2. The highest BCUT2D eigenvalue weighted by atomic mass is 16.6. The number of esters is 1. The van der Waals surface area contributed by atoms with Crippen LogP contribution in [0, 0.1) is 11.3 Å². The molecule has 0 bridgehead atoms. The summed E-state index contributed by atoms with van der Waals surface area (Å²) in [6.07, 6.45) is 1.49. The van der Waals surface area contributed by atoms with Gasteiger partial charge in [0.15, 0.2) is 5.69 Å². The van der Waals surface area contributed by atoms with E-state index in [4.69, 9.17) is 4.74 Å². The normalized spacial score (nSPS) is 13.6. The maximum Gasteiger partial charge on any atom is 0.359 e. The van der Waals surface area contributed by atoms with Gasteiger partial charge in [-0.25, -0.2) is 9.78 Å². The molecular formula is C18H18N4O3. The Hall–Kier alpha value is -3.14. The average Bonchev–Trinajstić information content (AvgIpc) is 2.91. The molecule has 7 heteroatoms. The lowest BCUT2D eigenvalue weighted by Crippen LogP contribution is -2.28. The lowest BCUT2D eigenvalue weighted by atomic mass is 10.1. The highest BCUT2D eigenvalue weighted by Gasteiger charge is 2.31. The summed E-state index contributed by atoms with van der Waals surface area (Å²) in [6, 6.07) is 7.09. The number of fused-ring (bicyclic) bond motifs is 3. The van der Waals surface area contributed by atoms with Crippen molar-refractivity contribution in [2.75, 3.05) is 7.05 Å². The van der Waals surface area contributed by atoms with Gasteiger partial charge in [0.25, 0.3) is 5.91 Å². The van der Waals surface area contributed by atoms with Crippen LogP contribution in [0.15, 0.2) is 24.5 Å². The maximum atomic E-state index is 12.7. The minimum absolute atomic E-state index is 0.171. The summed E-state index contributed by atoms with van der Waals surface area (Å²) in [5, 5.41) is 9.34. The van der Waals surface area contributed by atoms with Crippen molar-refractivity contribution in [3.05, 3.63) is 47.0 Å². The molecule has 3 rings (SSSR count). The second-order valence-corrected chi connectivity index (χ2v) is 6.88. The van der Waals surface area contributed by atoms with E-state index in [1.54, 1.807) is 50.6 Å². The number of nitrogens with zero attached hydrogens (tertiary/aromatic N) is 4. The lowest BCUT2D eigenvalue weighted by molar-refractivity contribution is 0.00608. The predicted octanol–water partition coefficient (Wildman–Crippen LogP) is 2.28. The molecular weight excluding hydrogens is 320 g/mol. The van der Waals surface area contributed by atoms with Crippen molar-refractivity contribution in [2.45, 2.75) is 32.9 Å². The van der Waals surface area contributed by atoms with Crippen molar-refractivity contribution in [2.24, 2.45) is 0 Å². The lowest BCUT2D eigenvalue weighted by Gasteiger charge is -2.19. The van der Waals surface area contributed by atoms with Crippen LogP contribution in [0.2, 0.25) is 0 Å². The van der Waals surface area contributed by atoms with Gasteiger partial charge in [-0.15, -0.1) is 0 Å². The van der Waals surface area contributed by atoms with Gasteiger partial charge in [0, 0.05) is 7.05 Å². The van der Waals surface area contributed by atoms with Crippen LogP contribution in [0.3, 0.4) is 0 Å². The molecule has 0 unspecified atom stereocenters. The van der Waals surface area contributed by atoms with Gasteiger partial charge in [-0.05, 0) is 32.9 Å². The van der Waals surface area contributed by atoms with Crippen LogP contribution in [0.1, 0.15) is 52.9 Å². The van der Waals surface area contributed by atoms with Crippen molar-refractivity contribution in [3.8, 4) is 11.8 Å². The van der Waals surface area contributed by atoms with Gasteiger partial charge in [-0.1, -0.05) is 6.07 Å². The van der Waals surface area contributed by atoms with E-state index in [1.807, 2.05) is 0 Å².